The van der Waals surface area contributed by atoms with Crippen LogP contribution in [0.15, 0.2) is 53.9 Å². The fraction of sp³-hybridized carbons (Fsp3) is 0.111. The van der Waals surface area contributed by atoms with E-state index in [1.54, 1.807) is 24.3 Å². The lowest BCUT2D eigenvalue weighted by Crippen LogP contribution is -2.21. The fourth-order valence-corrected chi connectivity index (χ4v) is 2.97. The summed E-state index contributed by atoms with van der Waals surface area (Å²) < 4.78 is 41.6. The lowest BCUT2D eigenvalue weighted by Gasteiger charge is -2.14. The molecule has 0 atom stereocenters. The number of thiazole rings is 1. The van der Waals surface area contributed by atoms with Crippen LogP contribution >= 0.6 is 11.3 Å². The van der Waals surface area contributed by atoms with E-state index in [1.807, 2.05) is 12.3 Å². The van der Waals surface area contributed by atoms with Crippen LogP contribution in [0.5, 0.6) is 5.75 Å². The van der Waals surface area contributed by atoms with E-state index in [4.69, 9.17) is 0 Å². The number of halogens is 3. The molecule has 4 nitrogen and oxygen atoms in total. The van der Waals surface area contributed by atoms with E-state index < -0.39 is 18.0 Å². The highest BCUT2D eigenvalue weighted by Crippen LogP contribution is 2.31. The number of nitrogens with zero attached hydrogens (tertiary/aromatic N) is 1. The second-order valence-corrected chi connectivity index (χ2v) is 6.36. The minimum atomic E-state index is -4.88. The van der Waals surface area contributed by atoms with Crippen molar-refractivity contribution in [3.05, 3.63) is 64.5 Å². The molecule has 0 aliphatic rings. The van der Waals surface area contributed by atoms with Gasteiger partial charge in [-0.2, -0.15) is 0 Å². The molecule has 0 fully saturated rings. The predicted molar refractivity (Wildman–Crippen MR) is 93.4 cm³/mol. The van der Waals surface area contributed by atoms with Gasteiger partial charge in [-0.1, -0.05) is 30.3 Å². The standard InChI is InChI=1S/C18H13F3N2O2S/c1-11-22-15(10-26-11)12-6-2-4-8-14(12)23-17(24)13-7-3-5-9-16(13)25-18(19,20)21/h2-10H,1H3,(H,23,24). The Morgan fingerprint density at radius 2 is 1.81 bits per heavy atom. The number of ether oxygens (including phenoxy) is 1. The van der Waals surface area contributed by atoms with Gasteiger partial charge in [0.2, 0.25) is 0 Å². The Labute approximate surface area is 151 Å². The molecule has 0 aliphatic carbocycles. The first kappa shape index (κ1) is 17.9. The Kier molecular flexibility index (Phi) is 4.94. The summed E-state index contributed by atoms with van der Waals surface area (Å²) in [6.07, 6.45) is -4.88. The zero-order valence-electron chi connectivity index (χ0n) is 13.5. The highest BCUT2D eigenvalue weighted by molar-refractivity contribution is 7.09. The zero-order chi connectivity index (χ0) is 18.7. The maximum atomic E-state index is 12.5. The number of carbonyl (C=O) groups excluding carboxylic acids is 1. The second-order valence-electron chi connectivity index (χ2n) is 5.30. The van der Waals surface area contributed by atoms with E-state index in [1.165, 1.54) is 29.5 Å². The van der Waals surface area contributed by atoms with Crippen molar-refractivity contribution in [2.45, 2.75) is 13.3 Å². The van der Waals surface area contributed by atoms with Crippen molar-refractivity contribution in [2.75, 3.05) is 5.32 Å². The molecule has 2 aromatic carbocycles. The van der Waals surface area contributed by atoms with E-state index in [2.05, 4.69) is 15.0 Å². The first-order valence-corrected chi connectivity index (χ1v) is 8.39. The summed E-state index contributed by atoms with van der Waals surface area (Å²) in [6.45, 7) is 1.86. The minimum absolute atomic E-state index is 0.214. The average molecular weight is 378 g/mol. The number of hydrogen-bond donors (Lipinski definition) is 1. The number of aryl methyl sites for hydroxylation is 1. The summed E-state index contributed by atoms with van der Waals surface area (Å²) >= 11 is 1.46. The van der Waals surface area contributed by atoms with Crippen LogP contribution in [0, 0.1) is 6.92 Å². The van der Waals surface area contributed by atoms with Gasteiger partial charge in [0.1, 0.15) is 5.75 Å². The molecule has 134 valence electrons. The molecule has 0 saturated heterocycles. The van der Waals surface area contributed by atoms with Crippen molar-refractivity contribution < 1.29 is 22.7 Å². The van der Waals surface area contributed by atoms with Crippen molar-refractivity contribution in [1.29, 1.82) is 0 Å². The van der Waals surface area contributed by atoms with Gasteiger partial charge < -0.3 is 10.1 Å². The summed E-state index contributed by atoms with van der Waals surface area (Å²) in [5.41, 5.74) is 1.60. The van der Waals surface area contributed by atoms with Crippen molar-refractivity contribution in [3.63, 3.8) is 0 Å². The number of alkyl halides is 3. The molecule has 3 rings (SSSR count). The number of carbonyl (C=O) groups is 1. The molecule has 26 heavy (non-hydrogen) atoms. The summed E-state index contributed by atoms with van der Waals surface area (Å²) in [7, 11) is 0. The van der Waals surface area contributed by atoms with E-state index in [0.717, 1.165) is 11.1 Å². The number of aromatic nitrogens is 1. The Balaban J connectivity index is 1.91. The monoisotopic (exact) mass is 378 g/mol. The lowest BCUT2D eigenvalue weighted by atomic mass is 10.1. The molecule has 1 N–H and O–H groups in total. The molecule has 3 aromatic rings. The van der Waals surface area contributed by atoms with Crippen molar-refractivity contribution in [3.8, 4) is 17.0 Å². The molecule has 0 radical (unpaired) electrons. The van der Waals surface area contributed by atoms with Crippen LogP contribution in [-0.4, -0.2) is 17.3 Å². The Hall–Kier alpha value is -2.87. The molecular weight excluding hydrogens is 365 g/mol. The third kappa shape index (κ3) is 4.20. The zero-order valence-corrected chi connectivity index (χ0v) is 14.3. The molecule has 0 spiro atoms. The van der Waals surface area contributed by atoms with Gasteiger partial charge in [0, 0.05) is 10.9 Å². The minimum Gasteiger partial charge on any atom is -0.405 e. The molecule has 8 heteroatoms. The Morgan fingerprint density at radius 1 is 1.12 bits per heavy atom. The molecule has 0 aliphatic heterocycles. The van der Waals surface area contributed by atoms with Gasteiger partial charge in [-0.3, -0.25) is 4.79 Å². The van der Waals surface area contributed by atoms with Gasteiger partial charge in [-0.15, -0.1) is 24.5 Å². The first-order valence-electron chi connectivity index (χ1n) is 7.51. The summed E-state index contributed by atoms with van der Waals surface area (Å²) in [5.74, 6) is -1.26. The molecule has 0 saturated carbocycles. The molecule has 1 amide bonds. The number of benzene rings is 2. The molecule has 1 aromatic heterocycles. The molecule has 0 unspecified atom stereocenters. The van der Waals surface area contributed by atoms with Gasteiger partial charge in [0.25, 0.3) is 5.91 Å². The SMILES string of the molecule is Cc1nc(-c2ccccc2NC(=O)c2ccccc2OC(F)(F)F)cs1. The van der Waals surface area contributed by atoms with E-state index >= 15 is 0 Å². The summed E-state index contributed by atoms with van der Waals surface area (Å²) in [4.78, 5) is 16.9. The maximum absolute atomic E-state index is 12.5. The van der Waals surface area contributed by atoms with Crippen molar-refractivity contribution >= 4 is 22.9 Å². The highest BCUT2D eigenvalue weighted by atomic mass is 32.1. The number of nitrogens with one attached hydrogen (secondary N) is 1. The van der Waals surface area contributed by atoms with Gasteiger partial charge in [0.05, 0.1) is 22.0 Å². The van der Waals surface area contributed by atoms with Crippen LogP contribution in [0.2, 0.25) is 0 Å². The number of para-hydroxylation sites is 2. The van der Waals surface area contributed by atoms with E-state index in [0.29, 0.717) is 16.9 Å². The number of hydrogen-bond acceptors (Lipinski definition) is 4. The van der Waals surface area contributed by atoms with Crippen molar-refractivity contribution in [2.24, 2.45) is 0 Å². The summed E-state index contributed by atoms with van der Waals surface area (Å²) in [5, 5.41) is 5.35. The number of rotatable bonds is 4. The number of anilines is 1. The van der Waals surface area contributed by atoms with E-state index in [9.17, 15) is 18.0 Å². The lowest BCUT2D eigenvalue weighted by molar-refractivity contribution is -0.274. The third-order valence-electron chi connectivity index (χ3n) is 3.43. The quantitative estimate of drug-likeness (QED) is 0.673. The normalized spacial score (nSPS) is 11.2. The highest BCUT2D eigenvalue weighted by Gasteiger charge is 2.32. The van der Waals surface area contributed by atoms with Crippen LogP contribution in [0.25, 0.3) is 11.3 Å². The van der Waals surface area contributed by atoms with E-state index in [-0.39, 0.29) is 5.56 Å². The van der Waals surface area contributed by atoms with Crippen LogP contribution in [0.1, 0.15) is 15.4 Å². The van der Waals surface area contributed by atoms with Crippen LogP contribution in [0.3, 0.4) is 0 Å². The molecular formula is C18H13F3N2O2S. The van der Waals surface area contributed by atoms with Gasteiger partial charge >= 0.3 is 6.36 Å². The van der Waals surface area contributed by atoms with Gasteiger partial charge in [-0.05, 0) is 25.1 Å². The fourth-order valence-electron chi connectivity index (χ4n) is 2.36. The van der Waals surface area contributed by atoms with Gasteiger partial charge in [-0.25, -0.2) is 4.98 Å². The Bertz CT molecular complexity index is 938. The second kappa shape index (κ2) is 7.17. The van der Waals surface area contributed by atoms with Crippen LogP contribution in [-0.2, 0) is 0 Å². The average Bonchev–Trinajstić information content (AvgIpc) is 3.00. The third-order valence-corrected chi connectivity index (χ3v) is 4.20. The maximum Gasteiger partial charge on any atom is 0.573 e. The van der Waals surface area contributed by atoms with Crippen LogP contribution < -0.4 is 10.1 Å². The number of amides is 1. The van der Waals surface area contributed by atoms with Crippen LogP contribution in [0.4, 0.5) is 18.9 Å². The molecule has 0 bridgehead atoms. The topological polar surface area (TPSA) is 51.2 Å². The predicted octanol–water partition coefficient (Wildman–Crippen LogP) is 5.27. The smallest absolute Gasteiger partial charge is 0.405 e. The van der Waals surface area contributed by atoms with Crippen molar-refractivity contribution in [1.82, 2.24) is 4.98 Å². The molecule has 1 heterocycles. The Morgan fingerprint density at radius 3 is 2.50 bits per heavy atom. The summed E-state index contributed by atoms with van der Waals surface area (Å²) in [6, 6.07) is 12.1. The van der Waals surface area contributed by atoms with Gasteiger partial charge in [0.15, 0.2) is 0 Å². The largest absolute Gasteiger partial charge is 0.573 e. The first-order chi connectivity index (χ1) is 12.3.